The first kappa shape index (κ1) is 59.1. The van der Waals surface area contributed by atoms with Crippen LogP contribution in [0, 0.1) is 0 Å². The van der Waals surface area contributed by atoms with Gasteiger partial charge in [-0.3, -0.25) is 0 Å². The Bertz CT molecular complexity index is 5570. The molecule has 1 aliphatic rings. The van der Waals surface area contributed by atoms with Gasteiger partial charge in [-0.25, -0.2) is 0 Å². The predicted molar refractivity (Wildman–Crippen MR) is 407 cm³/mol. The maximum absolute atomic E-state index is 7.80. The smallest absolute Gasteiger partial charge is 0.160 e. The zero-order valence-corrected chi connectivity index (χ0v) is 55.4. The molecule has 17 rings (SSSR count). The van der Waals surface area contributed by atoms with E-state index in [1.807, 2.05) is 0 Å². The lowest BCUT2D eigenvalue weighted by molar-refractivity contribution is 0.590. The molecule has 0 unspecified atom stereocenters. The number of benzene rings is 14. The highest BCUT2D eigenvalue weighted by atomic mass is 16.3. The van der Waals surface area contributed by atoms with E-state index in [1.54, 1.807) is 0 Å². The van der Waals surface area contributed by atoms with Gasteiger partial charge in [0.15, 0.2) is 5.58 Å². The summed E-state index contributed by atoms with van der Waals surface area (Å²) in [7, 11) is 0. The Kier molecular flexibility index (Phi) is 14.2. The van der Waals surface area contributed by atoms with Crippen molar-refractivity contribution in [2.75, 3.05) is 9.80 Å². The van der Waals surface area contributed by atoms with Crippen molar-refractivity contribution in [1.29, 1.82) is 0 Å². The first-order valence-electron chi connectivity index (χ1n) is 33.8. The van der Waals surface area contributed by atoms with Gasteiger partial charge in [-0.1, -0.05) is 308 Å². The van der Waals surface area contributed by atoms with Crippen molar-refractivity contribution >= 4 is 78.0 Å². The van der Waals surface area contributed by atoms with Crippen molar-refractivity contribution in [1.82, 2.24) is 0 Å². The van der Waals surface area contributed by atoms with E-state index in [2.05, 4.69) is 379 Å². The summed E-state index contributed by atoms with van der Waals surface area (Å²) in [6.45, 7) is 13.7. The van der Waals surface area contributed by atoms with E-state index >= 15 is 0 Å². The van der Waals surface area contributed by atoms with Crippen LogP contribution in [-0.2, 0) is 16.2 Å². The lowest BCUT2D eigenvalue weighted by Gasteiger charge is -2.36. The first-order chi connectivity index (χ1) is 47.4. The molecule has 0 radical (unpaired) electrons. The maximum Gasteiger partial charge on any atom is 0.160 e. The maximum atomic E-state index is 7.80. The van der Waals surface area contributed by atoms with Gasteiger partial charge in [0.1, 0.15) is 16.7 Å². The summed E-state index contributed by atoms with van der Waals surface area (Å²) in [4.78, 5) is 5.03. The van der Waals surface area contributed by atoms with Crippen LogP contribution in [0.3, 0.4) is 0 Å². The third-order valence-corrected chi connectivity index (χ3v) is 20.1. The van der Waals surface area contributed by atoms with Crippen molar-refractivity contribution in [2.45, 2.75) is 57.8 Å². The third kappa shape index (κ3) is 9.88. The average Bonchev–Trinajstić information content (AvgIpc) is 1.50. The van der Waals surface area contributed by atoms with Crippen molar-refractivity contribution in [3.63, 3.8) is 0 Å². The standard InChI is InChI=1S/C93H72N2O2/c1-91(2,3)67-47-51-71(52-48-67)94(79-57-65(61-29-13-7-14-30-61)45-55-73(79)63-33-17-9-18-34-63)81-59-78-88(90-85(81)75-41-25-27-43-83(75)97-90)87-77(93(78,69-37-21-11-22-38-69)70-39-23-12-24-40-70)60-82(89-86(87)76-42-26-28-44-84(76)96-89)95(72-53-49-68(50-54-72)92(4,5)6)80-58-66(62-31-15-8-16-32-62)46-56-74(80)64-35-19-10-20-36-64/h7-60H,1-6H3. The molecule has 0 atom stereocenters. The number of nitrogens with zero attached hydrogens (tertiary/aromatic N) is 2. The Labute approximate surface area is 567 Å². The highest BCUT2D eigenvalue weighted by Gasteiger charge is 2.51. The molecule has 1 aliphatic carbocycles. The van der Waals surface area contributed by atoms with Gasteiger partial charge in [0.25, 0.3) is 0 Å². The van der Waals surface area contributed by atoms with Gasteiger partial charge < -0.3 is 18.6 Å². The monoisotopic (exact) mass is 1250 g/mol. The number of fused-ring (bicyclic) bond motifs is 11. The summed E-state index contributed by atoms with van der Waals surface area (Å²) >= 11 is 0. The van der Waals surface area contributed by atoms with Gasteiger partial charge in [0, 0.05) is 49.8 Å². The van der Waals surface area contributed by atoms with Crippen LogP contribution in [0.25, 0.3) is 99.5 Å². The Morgan fingerprint density at radius 2 is 0.639 bits per heavy atom. The summed E-state index contributed by atoms with van der Waals surface area (Å²) in [6.07, 6.45) is 0. The Balaban J connectivity index is 1.06. The van der Waals surface area contributed by atoms with Crippen LogP contribution in [-0.4, -0.2) is 0 Å². The summed E-state index contributed by atoms with van der Waals surface area (Å²) in [5, 5.41) is 4.06. The molecule has 0 saturated heterocycles. The molecule has 0 fully saturated rings. The summed E-state index contributed by atoms with van der Waals surface area (Å²) in [5.41, 5.74) is 25.9. The van der Waals surface area contributed by atoms with Gasteiger partial charge in [0.05, 0.1) is 33.6 Å². The van der Waals surface area contributed by atoms with Crippen LogP contribution < -0.4 is 9.80 Å². The minimum Gasteiger partial charge on any atom is -0.455 e. The molecule has 2 aromatic heterocycles. The molecule has 4 heteroatoms. The quantitative estimate of drug-likeness (QED) is 0.122. The van der Waals surface area contributed by atoms with Crippen molar-refractivity contribution in [3.05, 3.63) is 361 Å². The number of anilines is 6. The fraction of sp³-hybridized carbons (Fsp3) is 0.0968. The van der Waals surface area contributed by atoms with Crippen molar-refractivity contribution in [2.24, 2.45) is 0 Å². The molecule has 0 amide bonds. The van der Waals surface area contributed by atoms with Crippen LogP contribution in [0.5, 0.6) is 0 Å². The largest absolute Gasteiger partial charge is 0.455 e. The topological polar surface area (TPSA) is 32.8 Å². The summed E-state index contributed by atoms with van der Waals surface area (Å²) < 4.78 is 15.5. The highest BCUT2D eigenvalue weighted by molar-refractivity contribution is 6.26. The summed E-state index contributed by atoms with van der Waals surface area (Å²) in [6, 6.07) is 121. The molecule has 97 heavy (non-hydrogen) atoms. The van der Waals surface area contributed by atoms with Crippen LogP contribution in [0.15, 0.2) is 336 Å². The van der Waals surface area contributed by atoms with Crippen molar-refractivity contribution in [3.8, 4) is 55.6 Å². The molecule has 0 saturated carbocycles. The third-order valence-electron chi connectivity index (χ3n) is 20.1. The number of rotatable bonds is 12. The second-order valence-corrected chi connectivity index (χ2v) is 27.9. The van der Waals surface area contributed by atoms with Crippen LogP contribution in [0.4, 0.5) is 34.1 Å². The molecule has 14 aromatic carbocycles. The molecular formula is C93H72N2O2. The Morgan fingerprint density at radius 1 is 0.278 bits per heavy atom. The zero-order chi connectivity index (χ0) is 65.6. The van der Waals surface area contributed by atoms with Crippen molar-refractivity contribution < 1.29 is 8.83 Å². The van der Waals surface area contributed by atoms with E-state index in [1.165, 1.54) is 11.1 Å². The predicted octanol–water partition coefficient (Wildman–Crippen LogP) is 26.1. The van der Waals surface area contributed by atoms with E-state index < -0.39 is 5.41 Å². The van der Waals surface area contributed by atoms with E-state index in [4.69, 9.17) is 8.83 Å². The van der Waals surface area contributed by atoms with Gasteiger partial charge in [-0.15, -0.1) is 0 Å². The molecule has 2 heterocycles. The summed E-state index contributed by atoms with van der Waals surface area (Å²) in [5.74, 6) is 0. The molecule has 4 nitrogen and oxygen atoms in total. The fourth-order valence-electron chi connectivity index (χ4n) is 15.3. The Morgan fingerprint density at radius 3 is 1.08 bits per heavy atom. The molecule has 0 bridgehead atoms. The SMILES string of the molecule is CC(C)(C)c1ccc(N(c2cc(-c3ccccc3)ccc2-c2ccccc2)c2cc3c(c4c2oc2ccccc24)-c2c(cc(N(c4ccc(C(C)(C)C)cc4)c4cc(-c5ccccc5)ccc4-c4ccccc4)c4c2oc2ccccc24)C3(c2ccccc2)c2ccccc2)cc1. The van der Waals surface area contributed by atoms with Crippen LogP contribution in [0.2, 0.25) is 0 Å². The lowest BCUT2D eigenvalue weighted by Crippen LogP contribution is -2.29. The van der Waals surface area contributed by atoms with E-state index in [9.17, 15) is 0 Å². The van der Waals surface area contributed by atoms with Gasteiger partial charge in [-0.2, -0.15) is 0 Å². The number of para-hydroxylation sites is 2. The normalized spacial score (nSPS) is 12.7. The average molecular weight is 1250 g/mol. The molecule has 0 aliphatic heterocycles. The zero-order valence-electron chi connectivity index (χ0n) is 55.4. The molecule has 0 N–H and O–H groups in total. The minimum atomic E-state index is -0.998. The fourth-order valence-corrected chi connectivity index (χ4v) is 15.3. The van der Waals surface area contributed by atoms with Gasteiger partial charge in [0.2, 0.25) is 0 Å². The van der Waals surface area contributed by atoms with Gasteiger partial charge >= 0.3 is 0 Å². The highest BCUT2D eigenvalue weighted by Crippen LogP contribution is 2.65. The molecular weight excluding hydrogens is 1180 g/mol. The van der Waals surface area contributed by atoms with E-state index in [-0.39, 0.29) is 10.8 Å². The first-order valence-corrected chi connectivity index (χ1v) is 33.8. The molecule has 466 valence electrons. The number of hydrogen-bond donors (Lipinski definition) is 0. The minimum absolute atomic E-state index is 0.0924. The van der Waals surface area contributed by atoms with Gasteiger partial charge in [-0.05, 0) is 138 Å². The van der Waals surface area contributed by atoms with E-state index in [0.717, 1.165) is 156 Å². The van der Waals surface area contributed by atoms with Crippen LogP contribution >= 0.6 is 0 Å². The molecule has 16 aromatic rings. The number of furan rings is 2. The van der Waals surface area contributed by atoms with Crippen LogP contribution in [0.1, 0.15) is 74.9 Å². The lowest BCUT2D eigenvalue weighted by atomic mass is 9.67. The molecule has 0 spiro atoms. The van der Waals surface area contributed by atoms with E-state index in [0.29, 0.717) is 0 Å². The number of hydrogen-bond acceptors (Lipinski definition) is 4. The second-order valence-electron chi connectivity index (χ2n) is 27.9. The second kappa shape index (κ2) is 23.3. The Hall–Kier alpha value is -11.7.